The molecule has 0 aliphatic carbocycles. The van der Waals surface area contributed by atoms with Crippen molar-refractivity contribution in [2.24, 2.45) is 5.10 Å². The van der Waals surface area contributed by atoms with Crippen LogP contribution in [0.3, 0.4) is 0 Å². The number of carbonyl (C=O) groups is 2. The van der Waals surface area contributed by atoms with Crippen molar-refractivity contribution >= 4 is 29.5 Å². The molecule has 3 rings (SSSR count). The minimum absolute atomic E-state index is 0.168. The van der Waals surface area contributed by atoms with Crippen LogP contribution in [0, 0.1) is 0 Å². The molecule has 0 saturated heterocycles. The van der Waals surface area contributed by atoms with Gasteiger partial charge in [0.2, 0.25) is 0 Å². The lowest BCUT2D eigenvalue weighted by atomic mass is 9.92. The quantitative estimate of drug-likeness (QED) is 0.779. The summed E-state index contributed by atoms with van der Waals surface area (Å²) in [6, 6.07) is 16.3. The van der Waals surface area contributed by atoms with E-state index >= 15 is 0 Å². The maximum Gasteiger partial charge on any atom is 0.432 e. The normalized spacial score (nSPS) is 18.2. The number of ether oxygens (including phenoxy) is 2. The van der Waals surface area contributed by atoms with Crippen molar-refractivity contribution in [2.45, 2.75) is 25.9 Å². The first-order valence-electron chi connectivity index (χ1n) is 9.31. The first-order chi connectivity index (χ1) is 14.0. The van der Waals surface area contributed by atoms with Gasteiger partial charge in [0.1, 0.15) is 0 Å². The molecule has 7 nitrogen and oxygen atoms in total. The molecule has 0 spiro atoms. The summed E-state index contributed by atoms with van der Waals surface area (Å²) < 4.78 is 10.3. The second-order valence-electron chi connectivity index (χ2n) is 6.31. The fraction of sp³-hybridized carbons (Fsp3) is 0.286. The molecule has 1 unspecified atom stereocenters. The van der Waals surface area contributed by atoms with Gasteiger partial charge in [-0.25, -0.2) is 9.59 Å². The average Bonchev–Trinajstić information content (AvgIpc) is 3.10. The summed E-state index contributed by atoms with van der Waals surface area (Å²) in [5.41, 5.74) is 0.778. The Labute approximate surface area is 174 Å². The van der Waals surface area contributed by atoms with Crippen molar-refractivity contribution in [2.75, 3.05) is 13.2 Å². The number of hydrogen-bond donors (Lipinski definition) is 1. The van der Waals surface area contributed by atoms with Gasteiger partial charge in [0.05, 0.1) is 18.9 Å². The van der Waals surface area contributed by atoms with Crippen LogP contribution in [0.2, 0.25) is 5.02 Å². The van der Waals surface area contributed by atoms with Gasteiger partial charge in [0.25, 0.3) is 0 Å². The van der Waals surface area contributed by atoms with E-state index in [2.05, 4.69) is 10.4 Å². The minimum Gasteiger partial charge on any atom is -0.450 e. The van der Waals surface area contributed by atoms with E-state index in [9.17, 15) is 9.59 Å². The number of rotatable bonds is 5. The number of hydrazone groups is 1. The highest BCUT2D eigenvalue weighted by Gasteiger charge is 2.50. The van der Waals surface area contributed by atoms with E-state index in [-0.39, 0.29) is 19.6 Å². The number of halogens is 1. The molecule has 0 aromatic heterocycles. The van der Waals surface area contributed by atoms with Gasteiger partial charge in [-0.2, -0.15) is 10.1 Å². The molecule has 1 heterocycles. The highest BCUT2D eigenvalue weighted by Crippen LogP contribution is 2.38. The third-order valence-electron chi connectivity index (χ3n) is 4.46. The number of nitrogens with one attached hydrogen (secondary N) is 1. The fourth-order valence-corrected chi connectivity index (χ4v) is 3.31. The van der Waals surface area contributed by atoms with Crippen molar-refractivity contribution in [3.63, 3.8) is 0 Å². The molecular weight excluding hydrogens is 394 g/mol. The van der Waals surface area contributed by atoms with Crippen LogP contribution in [-0.4, -0.2) is 36.1 Å². The fourth-order valence-electron chi connectivity index (χ4n) is 3.19. The van der Waals surface area contributed by atoms with Crippen molar-refractivity contribution < 1.29 is 19.1 Å². The summed E-state index contributed by atoms with van der Waals surface area (Å²) in [5, 5.41) is 9.04. The molecule has 8 heteroatoms. The van der Waals surface area contributed by atoms with Crippen LogP contribution in [0.4, 0.5) is 9.59 Å². The zero-order chi connectivity index (χ0) is 20.9. The van der Waals surface area contributed by atoms with Crippen LogP contribution in [0.25, 0.3) is 0 Å². The van der Waals surface area contributed by atoms with Gasteiger partial charge in [-0.3, -0.25) is 5.32 Å². The summed E-state index contributed by atoms with van der Waals surface area (Å²) in [4.78, 5) is 25.2. The number of carbonyl (C=O) groups excluding carboxylic acids is 2. The van der Waals surface area contributed by atoms with Gasteiger partial charge in [-0.05, 0) is 31.5 Å². The lowest BCUT2D eigenvalue weighted by molar-refractivity contribution is 0.0428. The average molecular weight is 416 g/mol. The maximum atomic E-state index is 12.8. The van der Waals surface area contributed by atoms with Crippen molar-refractivity contribution in [1.29, 1.82) is 0 Å². The standard InChI is InChI=1S/C21H22ClN3O4/c1-3-28-19(26)23-21(16-10-12-17(22)13-11-16)14-18(15-8-6-5-7-9-15)24-25(21)20(27)29-4-2/h5-13H,3-4,14H2,1-2H3,(H,23,26). The summed E-state index contributed by atoms with van der Waals surface area (Å²) in [6.45, 7) is 3.77. The molecular formula is C21H22ClN3O4. The molecule has 0 radical (unpaired) electrons. The van der Waals surface area contributed by atoms with Gasteiger partial charge in [-0.15, -0.1) is 0 Å². The van der Waals surface area contributed by atoms with E-state index in [1.54, 1.807) is 38.1 Å². The lowest BCUT2D eigenvalue weighted by Crippen LogP contribution is -2.56. The van der Waals surface area contributed by atoms with Crippen LogP contribution in [-0.2, 0) is 15.1 Å². The van der Waals surface area contributed by atoms with E-state index in [4.69, 9.17) is 21.1 Å². The molecule has 29 heavy (non-hydrogen) atoms. The van der Waals surface area contributed by atoms with Gasteiger partial charge < -0.3 is 9.47 Å². The Hall–Kier alpha value is -3.06. The third-order valence-corrected chi connectivity index (χ3v) is 4.71. The number of amides is 2. The first-order valence-corrected chi connectivity index (χ1v) is 9.68. The highest BCUT2D eigenvalue weighted by molar-refractivity contribution is 6.30. The monoisotopic (exact) mass is 415 g/mol. The van der Waals surface area contributed by atoms with E-state index in [1.165, 1.54) is 5.01 Å². The Morgan fingerprint density at radius 1 is 1.07 bits per heavy atom. The van der Waals surface area contributed by atoms with Crippen LogP contribution in [0.1, 0.15) is 31.4 Å². The van der Waals surface area contributed by atoms with E-state index in [1.807, 2.05) is 30.3 Å². The summed E-state index contributed by atoms with van der Waals surface area (Å²) in [7, 11) is 0. The topological polar surface area (TPSA) is 80.2 Å². The zero-order valence-electron chi connectivity index (χ0n) is 16.2. The predicted molar refractivity (Wildman–Crippen MR) is 110 cm³/mol. The molecule has 152 valence electrons. The molecule has 2 aromatic carbocycles. The Kier molecular flexibility index (Phi) is 6.39. The number of hydrogen-bond acceptors (Lipinski definition) is 5. The number of alkyl carbamates (subject to hydrolysis) is 1. The van der Waals surface area contributed by atoms with Crippen LogP contribution < -0.4 is 5.32 Å². The first kappa shape index (κ1) is 20.7. The molecule has 1 aliphatic heterocycles. The predicted octanol–water partition coefficient (Wildman–Crippen LogP) is 4.51. The minimum atomic E-state index is -1.31. The van der Waals surface area contributed by atoms with Gasteiger partial charge >= 0.3 is 12.2 Å². The van der Waals surface area contributed by atoms with Crippen molar-refractivity contribution in [1.82, 2.24) is 10.3 Å². The van der Waals surface area contributed by atoms with Gasteiger partial charge in [0, 0.05) is 17.0 Å². The summed E-state index contributed by atoms with van der Waals surface area (Å²) in [6.07, 6.45) is -1.11. The molecule has 0 fully saturated rings. The zero-order valence-corrected chi connectivity index (χ0v) is 17.0. The molecule has 1 atom stereocenters. The van der Waals surface area contributed by atoms with Crippen LogP contribution >= 0.6 is 11.6 Å². The molecule has 2 amide bonds. The molecule has 2 aromatic rings. The summed E-state index contributed by atoms with van der Waals surface area (Å²) >= 11 is 6.05. The molecule has 0 bridgehead atoms. The van der Waals surface area contributed by atoms with E-state index in [0.717, 1.165) is 5.56 Å². The van der Waals surface area contributed by atoms with E-state index < -0.39 is 17.8 Å². The smallest absolute Gasteiger partial charge is 0.432 e. The molecule has 1 aliphatic rings. The maximum absolute atomic E-state index is 12.8. The number of nitrogens with zero attached hydrogens (tertiary/aromatic N) is 2. The van der Waals surface area contributed by atoms with Gasteiger partial charge in [-0.1, -0.05) is 54.1 Å². The Morgan fingerprint density at radius 3 is 2.34 bits per heavy atom. The largest absolute Gasteiger partial charge is 0.450 e. The second kappa shape index (κ2) is 8.96. The van der Waals surface area contributed by atoms with Gasteiger partial charge in [0.15, 0.2) is 5.66 Å². The summed E-state index contributed by atoms with van der Waals surface area (Å²) in [5.74, 6) is 0. The van der Waals surface area contributed by atoms with Crippen molar-refractivity contribution in [3.8, 4) is 0 Å². The lowest BCUT2D eigenvalue weighted by Gasteiger charge is -2.36. The SMILES string of the molecule is CCOC(=O)NC1(c2ccc(Cl)cc2)CC(c2ccccc2)=NN1C(=O)OCC. The Balaban J connectivity index is 2.11. The Morgan fingerprint density at radius 2 is 1.72 bits per heavy atom. The van der Waals surface area contributed by atoms with Crippen molar-refractivity contribution in [3.05, 3.63) is 70.7 Å². The molecule has 0 saturated carbocycles. The van der Waals surface area contributed by atoms with E-state index in [0.29, 0.717) is 16.3 Å². The van der Waals surface area contributed by atoms with Crippen LogP contribution in [0.5, 0.6) is 0 Å². The van der Waals surface area contributed by atoms with Crippen LogP contribution in [0.15, 0.2) is 59.7 Å². The number of benzene rings is 2. The highest BCUT2D eigenvalue weighted by atomic mass is 35.5. The molecule has 1 N–H and O–H groups in total. The second-order valence-corrected chi connectivity index (χ2v) is 6.75. The third kappa shape index (κ3) is 4.35. The Bertz CT molecular complexity index is 902.